The minimum absolute atomic E-state index is 0.0233. The minimum atomic E-state index is -3.33. The third-order valence-electron chi connectivity index (χ3n) is 4.53. The molecule has 0 aliphatic carbocycles. The number of hydrogen-bond donors (Lipinski definition) is 1. The Hall–Kier alpha value is -0.920. The predicted molar refractivity (Wildman–Crippen MR) is 104 cm³/mol. The number of thiophene rings is 1. The van der Waals surface area contributed by atoms with E-state index in [0.717, 1.165) is 32.5 Å². The van der Waals surface area contributed by atoms with E-state index in [4.69, 9.17) is 11.6 Å². The molecular weight excluding hydrogens is 376 g/mol. The highest BCUT2D eigenvalue weighted by Gasteiger charge is 2.21. The molecule has 0 atom stereocenters. The van der Waals surface area contributed by atoms with E-state index in [1.54, 1.807) is 35.6 Å². The lowest BCUT2D eigenvalue weighted by molar-refractivity contribution is 0.179. The van der Waals surface area contributed by atoms with E-state index in [1.807, 2.05) is 0 Å². The Kier molecular flexibility index (Phi) is 6.52. The van der Waals surface area contributed by atoms with Gasteiger partial charge in [-0.2, -0.15) is 11.3 Å². The van der Waals surface area contributed by atoms with E-state index >= 15 is 0 Å². The molecule has 1 fully saturated rings. The summed E-state index contributed by atoms with van der Waals surface area (Å²) in [5.74, 6) is 0.387. The first-order valence-corrected chi connectivity index (χ1v) is 11.4. The fourth-order valence-electron chi connectivity index (χ4n) is 3.13. The zero-order valence-corrected chi connectivity index (χ0v) is 16.4. The van der Waals surface area contributed by atoms with Gasteiger partial charge in [-0.05, 0) is 71.9 Å². The molecule has 25 heavy (non-hydrogen) atoms. The lowest BCUT2D eigenvalue weighted by Gasteiger charge is -2.31. The molecule has 0 unspecified atom stereocenters. The lowest BCUT2D eigenvalue weighted by Crippen LogP contribution is -2.38. The Bertz CT molecular complexity index is 770. The second-order valence-electron chi connectivity index (χ2n) is 6.59. The molecule has 4 nitrogen and oxygen atoms in total. The van der Waals surface area contributed by atoms with Crippen LogP contribution in [0.25, 0.3) is 0 Å². The molecule has 0 spiro atoms. The predicted octanol–water partition coefficient (Wildman–Crippen LogP) is 3.73. The number of sulfonamides is 1. The van der Waals surface area contributed by atoms with Gasteiger partial charge in [-0.15, -0.1) is 0 Å². The Balaban J connectivity index is 1.43. The third-order valence-corrected chi connectivity index (χ3v) is 6.82. The Labute approximate surface area is 158 Å². The van der Waals surface area contributed by atoms with Crippen LogP contribution < -0.4 is 4.72 Å². The molecule has 136 valence electrons. The molecule has 1 aromatic carbocycles. The number of halogens is 1. The number of rotatable bonds is 7. The van der Waals surface area contributed by atoms with Crippen LogP contribution in [-0.2, 0) is 22.3 Å². The van der Waals surface area contributed by atoms with E-state index in [1.165, 1.54) is 5.56 Å². The zero-order chi connectivity index (χ0) is 17.7. The molecule has 2 aromatic rings. The third kappa shape index (κ3) is 6.08. The van der Waals surface area contributed by atoms with Gasteiger partial charge in [0.25, 0.3) is 0 Å². The van der Waals surface area contributed by atoms with Crippen molar-refractivity contribution in [1.82, 2.24) is 9.62 Å². The molecule has 1 N–H and O–H groups in total. The number of benzene rings is 1. The van der Waals surface area contributed by atoms with Gasteiger partial charge in [0.15, 0.2) is 0 Å². The fourth-order valence-corrected chi connectivity index (χ4v) is 5.21. The van der Waals surface area contributed by atoms with Crippen LogP contribution in [0.3, 0.4) is 0 Å². The van der Waals surface area contributed by atoms with Gasteiger partial charge < -0.3 is 0 Å². The van der Waals surface area contributed by atoms with Crippen molar-refractivity contribution in [2.75, 3.05) is 19.6 Å². The van der Waals surface area contributed by atoms with Crippen LogP contribution in [0.15, 0.2) is 41.1 Å². The zero-order valence-electron chi connectivity index (χ0n) is 14.0. The SMILES string of the molecule is O=S(=O)(Cc1cccc(Cl)c1)NCC1CCN(Cc2ccsc2)CC1. The minimum Gasteiger partial charge on any atom is -0.299 e. The second kappa shape index (κ2) is 8.64. The first-order valence-electron chi connectivity index (χ1n) is 8.45. The summed E-state index contributed by atoms with van der Waals surface area (Å²) in [6.07, 6.45) is 2.06. The van der Waals surface area contributed by atoms with E-state index in [0.29, 0.717) is 23.0 Å². The van der Waals surface area contributed by atoms with Crippen molar-refractivity contribution in [3.8, 4) is 0 Å². The Morgan fingerprint density at radius 1 is 1.20 bits per heavy atom. The molecule has 0 amide bonds. The van der Waals surface area contributed by atoms with E-state index in [2.05, 4.69) is 26.4 Å². The topological polar surface area (TPSA) is 49.4 Å². The summed E-state index contributed by atoms with van der Waals surface area (Å²) >= 11 is 7.65. The number of likely N-dealkylation sites (tertiary alicyclic amines) is 1. The first-order chi connectivity index (χ1) is 12.0. The summed E-state index contributed by atoms with van der Waals surface area (Å²) in [4.78, 5) is 2.44. The van der Waals surface area contributed by atoms with Crippen LogP contribution in [0, 0.1) is 5.92 Å². The number of piperidine rings is 1. The average Bonchev–Trinajstić information content (AvgIpc) is 3.07. The maximum Gasteiger partial charge on any atom is 0.215 e. The van der Waals surface area contributed by atoms with Crippen LogP contribution in [0.5, 0.6) is 0 Å². The molecule has 1 aliphatic heterocycles. The summed E-state index contributed by atoms with van der Waals surface area (Å²) in [5, 5.41) is 4.86. The van der Waals surface area contributed by atoms with Crippen molar-refractivity contribution in [1.29, 1.82) is 0 Å². The van der Waals surface area contributed by atoms with Gasteiger partial charge in [0.05, 0.1) is 5.75 Å². The van der Waals surface area contributed by atoms with Crippen molar-refractivity contribution in [3.63, 3.8) is 0 Å². The molecule has 0 saturated carbocycles. The lowest BCUT2D eigenvalue weighted by atomic mass is 9.97. The van der Waals surface area contributed by atoms with Gasteiger partial charge in [-0.25, -0.2) is 13.1 Å². The van der Waals surface area contributed by atoms with E-state index in [9.17, 15) is 8.42 Å². The molecular formula is C18H23ClN2O2S2. The molecule has 1 aromatic heterocycles. The Morgan fingerprint density at radius 2 is 2.00 bits per heavy atom. The number of nitrogens with zero attached hydrogens (tertiary/aromatic N) is 1. The normalized spacial score (nSPS) is 17.0. The molecule has 2 heterocycles. The molecule has 7 heteroatoms. The van der Waals surface area contributed by atoms with Crippen LogP contribution in [0.4, 0.5) is 0 Å². The maximum absolute atomic E-state index is 12.3. The standard InChI is InChI=1S/C18H23ClN2O2S2/c19-18-3-1-2-16(10-18)14-25(22,23)20-11-15-4-7-21(8-5-15)12-17-6-9-24-13-17/h1-3,6,9-10,13,15,20H,4-5,7-8,11-12,14H2. The monoisotopic (exact) mass is 398 g/mol. The summed E-state index contributed by atoms with van der Waals surface area (Å²) < 4.78 is 27.3. The quantitative estimate of drug-likeness (QED) is 0.773. The van der Waals surface area contributed by atoms with Crippen molar-refractivity contribution >= 4 is 33.0 Å². The molecule has 0 radical (unpaired) electrons. The second-order valence-corrected chi connectivity index (χ2v) is 9.61. The summed E-state index contributed by atoms with van der Waals surface area (Å²) in [6, 6.07) is 9.17. The summed E-state index contributed by atoms with van der Waals surface area (Å²) in [7, 11) is -3.33. The van der Waals surface area contributed by atoms with Crippen LogP contribution in [-0.4, -0.2) is 33.0 Å². The van der Waals surface area contributed by atoms with Gasteiger partial charge in [-0.1, -0.05) is 23.7 Å². The number of nitrogens with one attached hydrogen (secondary N) is 1. The van der Waals surface area contributed by atoms with Crippen molar-refractivity contribution in [3.05, 3.63) is 57.2 Å². The van der Waals surface area contributed by atoms with Crippen molar-refractivity contribution in [2.24, 2.45) is 5.92 Å². The van der Waals surface area contributed by atoms with Crippen molar-refractivity contribution in [2.45, 2.75) is 25.1 Å². The van der Waals surface area contributed by atoms with Gasteiger partial charge >= 0.3 is 0 Å². The molecule has 1 saturated heterocycles. The highest BCUT2D eigenvalue weighted by molar-refractivity contribution is 7.88. The smallest absolute Gasteiger partial charge is 0.215 e. The van der Waals surface area contributed by atoms with Gasteiger partial charge in [0.2, 0.25) is 10.0 Å². The van der Waals surface area contributed by atoms with Crippen LogP contribution >= 0.6 is 22.9 Å². The van der Waals surface area contributed by atoms with Gasteiger partial charge in [0, 0.05) is 18.1 Å². The van der Waals surface area contributed by atoms with Crippen molar-refractivity contribution < 1.29 is 8.42 Å². The largest absolute Gasteiger partial charge is 0.299 e. The molecule has 0 bridgehead atoms. The van der Waals surface area contributed by atoms with Crippen LogP contribution in [0.1, 0.15) is 24.0 Å². The fraction of sp³-hybridized carbons (Fsp3) is 0.444. The summed E-state index contributed by atoms with van der Waals surface area (Å²) in [5.41, 5.74) is 2.08. The highest BCUT2D eigenvalue weighted by Crippen LogP contribution is 2.20. The highest BCUT2D eigenvalue weighted by atomic mass is 35.5. The van der Waals surface area contributed by atoms with Gasteiger partial charge in [0.1, 0.15) is 0 Å². The first kappa shape index (κ1) is 18.9. The number of hydrogen-bond acceptors (Lipinski definition) is 4. The molecule has 3 rings (SSSR count). The van der Waals surface area contributed by atoms with Crippen LogP contribution in [0.2, 0.25) is 5.02 Å². The molecule has 1 aliphatic rings. The maximum atomic E-state index is 12.3. The average molecular weight is 399 g/mol. The van der Waals surface area contributed by atoms with E-state index < -0.39 is 10.0 Å². The Morgan fingerprint density at radius 3 is 2.68 bits per heavy atom. The van der Waals surface area contributed by atoms with Gasteiger partial charge in [-0.3, -0.25) is 4.90 Å². The summed E-state index contributed by atoms with van der Waals surface area (Å²) in [6.45, 7) is 3.57. The van der Waals surface area contributed by atoms with E-state index in [-0.39, 0.29) is 5.75 Å².